The first-order chi connectivity index (χ1) is 15.1. The summed E-state index contributed by atoms with van der Waals surface area (Å²) in [6, 6.07) is 6.40. The number of benzene rings is 1. The van der Waals surface area contributed by atoms with E-state index < -0.39 is 0 Å². The molecule has 2 fully saturated rings. The maximum atomic E-state index is 13.4. The minimum atomic E-state index is -0.217. The number of hydrogen-bond donors (Lipinski definition) is 1. The topological polar surface area (TPSA) is 79.7 Å². The molecule has 0 amide bonds. The van der Waals surface area contributed by atoms with Gasteiger partial charge in [0.1, 0.15) is 6.04 Å². The third kappa shape index (κ3) is 3.80. The molecule has 0 radical (unpaired) electrons. The Morgan fingerprint density at radius 1 is 1.00 bits per heavy atom. The maximum absolute atomic E-state index is 13.4. The summed E-state index contributed by atoms with van der Waals surface area (Å²) in [5, 5.41) is 14.1. The van der Waals surface area contributed by atoms with E-state index in [1.165, 1.54) is 31.2 Å². The predicted octanol–water partition coefficient (Wildman–Crippen LogP) is 4.21. The minimum Gasteiger partial charge on any atom is -0.321 e. The molecule has 0 bridgehead atoms. The van der Waals surface area contributed by atoms with Crippen LogP contribution in [0.15, 0.2) is 23.0 Å². The number of nitrogens with zero attached hydrogens (tertiary/aromatic N) is 5. The van der Waals surface area contributed by atoms with Crippen molar-refractivity contribution in [2.24, 2.45) is 0 Å². The van der Waals surface area contributed by atoms with Crippen LogP contribution in [0.4, 0.5) is 0 Å². The second kappa shape index (κ2) is 8.54. The molecule has 3 heterocycles. The third-order valence-electron chi connectivity index (χ3n) is 7.21. The summed E-state index contributed by atoms with van der Waals surface area (Å²) < 4.78 is 2.03. The standard InChI is InChI=1S/C24H32N6O/c1-16-11-12-17(2)21-19(16)15-20(24(31)25-21)22(29-13-7-4-8-14-29)23-26-27-28-30(23)18-9-5-3-6-10-18/h11-12,15,18,22H,3-10,13-14H2,1-2H3,(H,25,31)/t22-/m1/s1. The molecule has 0 unspecified atom stereocenters. The smallest absolute Gasteiger partial charge is 0.253 e. The van der Waals surface area contributed by atoms with Crippen molar-refractivity contribution in [1.29, 1.82) is 0 Å². The number of fused-ring (bicyclic) bond motifs is 1. The average molecular weight is 421 g/mol. The molecule has 31 heavy (non-hydrogen) atoms. The van der Waals surface area contributed by atoms with Crippen LogP contribution in [-0.2, 0) is 0 Å². The molecule has 1 aromatic carbocycles. The number of pyridine rings is 1. The molecule has 7 nitrogen and oxygen atoms in total. The van der Waals surface area contributed by atoms with Crippen molar-refractivity contribution >= 4 is 10.9 Å². The predicted molar refractivity (Wildman–Crippen MR) is 121 cm³/mol. The molecule has 7 heteroatoms. The molecule has 1 saturated heterocycles. The number of aromatic nitrogens is 5. The SMILES string of the molecule is Cc1ccc(C)c2[nH]c(=O)c([C@H](c3nnnn3C3CCCCC3)N3CCCCC3)cc12. The molecule has 3 aromatic rings. The molecule has 1 N–H and O–H groups in total. The lowest BCUT2D eigenvalue weighted by Gasteiger charge is -2.34. The van der Waals surface area contributed by atoms with E-state index in [4.69, 9.17) is 0 Å². The summed E-state index contributed by atoms with van der Waals surface area (Å²) in [4.78, 5) is 19.0. The van der Waals surface area contributed by atoms with E-state index >= 15 is 0 Å². The largest absolute Gasteiger partial charge is 0.321 e. The second-order valence-electron chi connectivity index (χ2n) is 9.31. The molecule has 0 spiro atoms. The Kier molecular flexibility index (Phi) is 5.61. The van der Waals surface area contributed by atoms with Gasteiger partial charge in [0.2, 0.25) is 0 Å². The fraction of sp³-hybridized carbons (Fsp3) is 0.583. The lowest BCUT2D eigenvalue weighted by Crippen LogP contribution is -2.39. The monoisotopic (exact) mass is 420 g/mol. The molecule has 1 aliphatic heterocycles. The fourth-order valence-electron chi connectivity index (χ4n) is 5.44. The van der Waals surface area contributed by atoms with E-state index in [0.29, 0.717) is 6.04 Å². The Labute approximate surface area is 182 Å². The Hall–Kier alpha value is -2.54. The summed E-state index contributed by atoms with van der Waals surface area (Å²) in [5.41, 5.74) is 3.91. The number of hydrogen-bond acceptors (Lipinski definition) is 5. The highest BCUT2D eigenvalue weighted by Crippen LogP contribution is 2.34. The van der Waals surface area contributed by atoms with Crippen molar-refractivity contribution < 1.29 is 0 Å². The number of rotatable bonds is 4. The highest BCUT2D eigenvalue weighted by molar-refractivity contribution is 5.85. The van der Waals surface area contributed by atoms with E-state index in [-0.39, 0.29) is 11.6 Å². The van der Waals surface area contributed by atoms with Gasteiger partial charge in [-0.1, -0.05) is 37.8 Å². The van der Waals surface area contributed by atoms with E-state index in [1.54, 1.807) is 0 Å². The van der Waals surface area contributed by atoms with Crippen LogP contribution in [0.1, 0.15) is 86.0 Å². The molecule has 164 valence electrons. The van der Waals surface area contributed by atoms with Gasteiger partial charge < -0.3 is 4.98 Å². The van der Waals surface area contributed by atoms with Crippen molar-refractivity contribution in [2.75, 3.05) is 13.1 Å². The van der Waals surface area contributed by atoms with Gasteiger partial charge in [-0.05, 0) is 80.2 Å². The summed E-state index contributed by atoms with van der Waals surface area (Å²) in [6.07, 6.45) is 9.46. The number of H-pyrrole nitrogens is 1. The van der Waals surface area contributed by atoms with Crippen molar-refractivity contribution in [3.8, 4) is 0 Å². The fourth-order valence-corrected chi connectivity index (χ4v) is 5.44. The highest BCUT2D eigenvalue weighted by atomic mass is 16.1. The van der Waals surface area contributed by atoms with Gasteiger partial charge in [0.25, 0.3) is 5.56 Å². The van der Waals surface area contributed by atoms with Crippen LogP contribution in [-0.4, -0.2) is 43.2 Å². The van der Waals surface area contributed by atoms with Gasteiger partial charge in [-0.15, -0.1) is 5.10 Å². The first kappa shape index (κ1) is 20.4. The molecule has 1 saturated carbocycles. The molecule has 2 aliphatic rings. The maximum Gasteiger partial charge on any atom is 0.253 e. The summed E-state index contributed by atoms with van der Waals surface area (Å²) in [5.74, 6) is 0.823. The average Bonchev–Trinajstić information content (AvgIpc) is 3.28. The first-order valence-electron chi connectivity index (χ1n) is 11.8. The summed E-state index contributed by atoms with van der Waals surface area (Å²) in [7, 11) is 0. The van der Waals surface area contributed by atoms with Crippen LogP contribution in [0.25, 0.3) is 10.9 Å². The Bertz CT molecular complexity index is 1120. The van der Waals surface area contributed by atoms with Gasteiger partial charge in [-0.3, -0.25) is 9.69 Å². The minimum absolute atomic E-state index is 0.0324. The van der Waals surface area contributed by atoms with Crippen molar-refractivity contribution in [3.63, 3.8) is 0 Å². The van der Waals surface area contributed by atoms with Gasteiger partial charge in [0, 0.05) is 10.9 Å². The zero-order valence-electron chi connectivity index (χ0n) is 18.6. The van der Waals surface area contributed by atoms with Gasteiger partial charge in [-0.25, -0.2) is 4.68 Å². The molecular weight excluding hydrogens is 388 g/mol. The number of tetrazole rings is 1. The number of aromatic amines is 1. The Morgan fingerprint density at radius 2 is 1.71 bits per heavy atom. The van der Waals surface area contributed by atoms with Crippen LogP contribution < -0.4 is 5.56 Å². The van der Waals surface area contributed by atoms with Crippen molar-refractivity contribution in [1.82, 2.24) is 30.1 Å². The second-order valence-corrected chi connectivity index (χ2v) is 9.31. The van der Waals surface area contributed by atoms with Gasteiger partial charge in [-0.2, -0.15) is 0 Å². The zero-order valence-corrected chi connectivity index (χ0v) is 18.6. The number of nitrogens with one attached hydrogen (secondary N) is 1. The first-order valence-corrected chi connectivity index (χ1v) is 11.8. The third-order valence-corrected chi connectivity index (χ3v) is 7.21. The van der Waals surface area contributed by atoms with Crippen LogP contribution in [0.2, 0.25) is 0 Å². The van der Waals surface area contributed by atoms with Crippen molar-refractivity contribution in [2.45, 2.75) is 77.3 Å². The van der Waals surface area contributed by atoms with Crippen molar-refractivity contribution in [3.05, 3.63) is 51.1 Å². The Morgan fingerprint density at radius 3 is 2.48 bits per heavy atom. The molecular formula is C24H32N6O. The number of likely N-dealkylation sites (tertiary alicyclic amines) is 1. The number of piperidine rings is 1. The van der Waals surface area contributed by atoms with E-state index in [0.717, 1.165) is 66.6 Å². The molecule has 1 atom stereocenters. The normalized spacial score (nSPS) is 19.7. The van der Waals surface area contributed by atoms with Gasteiger partial charge in [0.15, 0.2) is 5.82 Å². The van der Waals surface area contributed by atoms with Crippen LogP contribution in [0.5, 0.6) is 0 Å². The molecule has 2 aromatic heterocycles. The zero-order chi connectivity index (χ0) is 21.4. The van der Waals surface area contributed by atoms with E-state index in [9.17, 15) is 4.79 Å². The number of aryl methyl sites for hydroxylation is 2. The van der Waals surface area contributed by atoms with Crippen LogP contribution >= 0.6 is 0 Å². The summed E-state index contributed by atoms with van der Waals surface area (Å²) >= 11 is 0. The van der Waals surface area contributed by atoms with Gasteiger partial charge in [0.05, 0.1) is 11.6 Å². The molecule has 1 aliphatic carbocycles. The lowest BCUT2D eigenvalue weighted by molar-refractivity contribution is 0.171. The quantitative estimate of drug-likeness (QED) is 0.684. The van der Waals surface area contributed by atoms with E-state index in [1.807, 2.05) is 11.6 Å². The van der Waals surface area contributed by atoms with E-state index in [2.05, 4.69) is 50.5 Å². The summed E-state index contributed by atoms with van der Waals surface area (Å²) in [6.45, 7) is 6.08. The van der Waals surface area contributed by atoms with Crippen LogP contribution in [0.3, 0.4) is 0 Å². The Balaban J connectivity index is 1.66. The van der Waals surface area contributed by atoms with Crippen LogP contribution in [0, 0.1) is 13.8 Å². The highest BCUT2D eigenvalue weighted by Gasteiger charge is 2.33. The van der Waals surface area contributed by atoms with Gasteiger partial charge >= 0.3 is 0 Å². The lowest BCUT2D eigenvalue weighted by atomic mass is 9.94. The molecule has 5 rings (SSSR count).